The summed E-state index contributed by atoms with van der Waals surface area (Å²) in [6.07, 6.45) is 4.93. The van der Waals surface area contributed by atoms with Gasteiger partial charge in [-0.2, -0.15) is 0 Å². The average molecular weight is 556 g/mol. The van der Waals surface area contributed by atoms with Crippen LogP contribution in [0.25, 0.3) is 0 Å². The van der Waals surface area contributed by atoms with Gasteiger partial charge in [-0.1, -0.05) is 36.6 Å². The Balaban J connectivity index is 1.73. The molecule has 0 unspecified atom stereocenters. The summed E-state index contributed by atoms with van der Waals surface area (Å²) in [7, 11) is -3.82. The zero-order valence-corrected chi connectivity index (χ0v) is 22.5. The van der Waals surface area contributed by atoms with Crippen LogP contribution in [-0.4, -0.2) is 50.0 Å². The third-order valence-corrected chi connectivity index (χ3v) is 7.88. The Bertz CT molecular complexity index is 1220. The third-order valence-electron chi connectivity index (χ3n) is 6.45. The molecule has 0 bridgehead atoms. The summed E-state index contributed by atoms with van der Waals surface area (Å²) >= 11 is 6.11. The number of sulfonamides is 1. The van der Waals surface area contributed by atoms with Crippen molar-refractivity contribution in [3.05, 3.63) is 64.7 Å². The minimum atomic E-state index is -3.82. The fourth-order valence-electron chi connectivity index (χ4n) is 4.45. The Morgan fingerprint density at radius 1 is 1.11 bits per heavy atom. The van der Waals surface area contributed by atoms with Crippen molar-refractivity contribution in [2.45, 2.75) is 64.1 Å². The topological polar surface area (TPSA) is 86.8 Å². The van der Waals surface area contributed by atoms with Crippen LogP contribution < -0.4 is 9.62 Å². The summed E-state index contributed by atoms with van der Waals surface area (Å²) in [6.45, 7) is 1.69. The highest BCUT2D eigenvalue weighted by Gasteiger charge is 2.29. The van der Waals surface area contributed by atoms with E-state index in [0.29, 0.717) is 5.02 Å². The van der Waals surface area contributed by atoms with Crippen molar-refractivity contribution < 1.29 is 26.8 Å². The van der Waals surface area contributed by atoms with Crippen molar-refractivity contribution in [3.63, 3.8) is 0 Å². The molecule has 1 aliphatic carbocycles. The number of amides is 2. The lowest BCUT2D eigenvalue weighted by Gasteiger charge is -2.30. The number of rotatable bonds is 11. The number of carbonyl (C=O) groups excluding carboxylic acids is 2. The molecular weight excluding hydrogens is 524 g/mol. The fourth-order valence-corrected chi connectivity index (χ4v) is 5.62. The Hall–Kier alpha value is -2.72. The number of carbonyl (C=O) groups is 2. The molecule has 0 saturated heterocycles. The lowest BCUT2D eigenvalue weighted by molar-refractivity contribution is -0.141. The molecule has 2 aromatic carbocycles. The summed E-state index contributed by atoms with van der Waals surface area (Å²) in [5.74, 6) is -2.85. The lowest BCUT2D eigenvalue weighted by atomic mass is 10.1. The predicted molar refractivity (Wildman–Crippen MR) is 140 cm³/mol. The van der Waals surface area contributed by atoms with E-state index in [0.717, 1.165) is 53.9 Å². The molecule has 11 heteroatoms. The predicted octanol–water partition coefficient (Wildman–Crippen LogP) is 4.64. The average Bonchev–Trinajstić information content (AvgIpc) is 3.34. The van der Waals surface area contributed by atoms with Crippen molar-refractivity contribution in [3.8, 4) is 0 Å². The zero-order valence-electron chi connectivity index (χ0n) is 20.9. The van der Waals surface area contributed by atoms with Gasteiger partial charge in [0.2, 0.25) is 21.8 Å². The Labute approximate surface area is 221 Å². The minimum Gasteiger partial charge on any atom is -0.352 e. The smallest absolute Gasteiger partial charge is 0.242 e. The van der Waals surface area contributed by atoms with E-state index in [1.54, 1.807) is 25.1 Å². The van der Waals surface area contributed by atoms with Crippen LogP contribution in [0.3, 0.4) is 0 Å². The van der Waals surface area contributed by atoms with Crippen molar-refractivity contribution in [2.75, 3.05) is 17.1 Å². The first-order valence-corrected chi connectivity index (χ1v) is 14.5. The van der Waals surface area contributed by atoms with Crippen LogP contribution in [0.5, 0.6) is 0 Å². The van der Waals surface area contributed by atoms with Crippen LogP contribution in [-0.2, 0) is 26.2 Å². The monoisotopic (exact) mass is 555 g/mol. The van der Waals surface area contributed by atoms with E-state index in [2.05, 4.69) is 5.32 Å². The molecule has 0 spiro atoms. The molecule has 1 atom stereocenters. The van der Waals surface area contributed by atoms with Crippen molar-refractivity contribution in [2.24, 2.45) is 0 Å². The quantitative estimate of drug-likeness (QED) is 0.437. The number of benzene rings is 2. The fraction of sp³-hybridized carbons (Fsp3) is 0.462. The SMILES string of the molecule is C[C@H](C(=O)NC1CCCC1)N(Cc1cccc(Cl)c1)C(=O)CCCN(c1ccc(F)c(F)c1)S(C)(=O)=O. The molecule has 3 rings (SSSR count). The molecule has 1 saturated carbocycles. The van der Waals surface area contributed by atoms with Crippen molar-refractivity contribution >= 4 is 39.1 Å². The maximum atomic E-state index is 13.7. The van der Waals surface area contributed by atoms with Gasteiger partial charge in [-0.25, -0.2) is 17.2 Å². The molecule has 7 nitrogen and oxygen atoms in total. The van der Waals surface area contributed by atoms with Gasteiger partial charge < -0.3 is 10.2 Å². The molecule has 1 aliphatic rings. The van der Waals surface area contributed by atoms with Crippen LogP contribution in [0, 0.1) is 11.6 Å². The van der Waals surface area contributed by atoms with Gasteiger partial charge >= 0.3 is 0 Å². The van der Waals surface area contributed by atoms with Crippen LogP contribution >= 0.6 is 11.6 Å². The molecular formula is C26H32ClF2N3O4S. The van der Waals surface area contributed by atoms with Gasteiger partial charge in [0, 0.05) is 36.6 Å². The molecule has 1 fully saturated rings. The second-order valence-corrected chi connectivity index (χ2v) is 11.7. The summed E-state index contributed by atoms with van der Waals surface area (Å²) in [6, 6.07) is 9.16. The van der Waals surface area contributed by atoms with Crippen LogP contribution in [0.2, 0.25) is 5.02 Å². The second kappa shape index (κ2) is 12.7. The van der Waals surface area contributed by atoms with Gasteiger partial charge in [-0.3, -0.25) is 13.9 Å². The molecule has 0 aliphatic heterocycles. The van der Waals surface area contributed by atoms with E-state index in [-0.39, 0.29) is 49.5 Å². The number of halogens is 3. The molecule has 2 amide bonds. The number of anilines is 1. The van der Waals surface area contributed by atoms with Gasteiger partial charge in [0.1, 0.15) is 6.04 Å². The van der Waals surface area contributed by atoms with Crippen LogP contribution in [0.1, 0.15) is 51.0 Å². The Kier molecular flexibility index (Phi) is 9.89. The zero-order chi connectivity index (χ0) is 27.2. The summed E-state index contributed by atoms with van der Waals surface area (Å²) < 4.78 is 52.6. The van der Waals surface area contributed by atoms with E-state index in [1.165, 1.54) is 11.0 Å². The molecule has 1 N–H and O–H groups in total. The molecule has 0 aromatic heterocycles. The third kappa shape index (κ3) is 8.13. The molecule has 0 heterocycles. The molecule has 2 aromatic rings. The normalized spacial score (nSPS) is 14.8. The Morgan fingerprint density at radius 2 is 1.81 bits per heavy atom. The summed E-state index contributed by atoms with van der Waals surface area (Å²) in [4.78, 5) is 27.7. The van der Waals surface area contributed by atoms with Crippen LogP contribution in [0.4, 0.5) is 14.5 Å². The maximum absolute atomic E-state index is 13.7. The Morgan fingerprint density at radius 3 is 2.43 bits per heavy atom. The van der Waals surface area contributed by atoms with E-state index < -0.39 is 27.7 Å². The highest BCUT2D eigenvalue weighted by Crippen LogP contribution is 2.22. The van der Waals surface area contributed by atoms with E-state index in [4.69, 9.17) is 11.6 Å². The van der Waals surface area contributed by atoms with Gasteiger partial charge in [0.15, 0.2) is 11.6 Å². The first kappa shape index (κ1) is 28.8. The van der Waals surface area contributed by atoms with Gasteiger partial charge in [0.25, 0.3) is 0 Å². The first-order chi connectivity index (χ1) is 17.5. The van der Waals surface area contributed by atoms with Gasteiger partial charge in [0.05, 0.1) is 11.9 Å². The van der Waals surface area contributed by atoms with E-state index in [1.807, 2.05) is 6.07 Å². The maximum Gasteiger partial charge on any atom is 0.242 e. The van der Waals surface area contributed by atoms with Crippen LogP contribution in [0.15, 0.2) is 42.5 Å². The lowest BCUT2D eigenvalue weighted by Crippen LogP contribution is -2.49. The van der Waals surface area contributed by atoms with Gasteiger partial charge in [-0.15, -0.1) is 0 Å². The minimum absolute atomic E-state index is 0.0334. The largest absolute Gasteiger partial charge is 0.352 e. The molecule has 0 radical (unpaired) electrons. The number of nitrogens with zero attached hydrogens (tertiary/aromatic N) is 2. The molecule has 202 valence electrons. The summed E-state index contributed by atoms with van der Waals surface area (Å²) in [5, 5.41) is 3.53. The number of nitrogens with one attached hydrogen (secondary N) is 1. The number of hydrogen-bond acceptors (Lipinski definition) is 4. The highest BCUT2D eigenvalue weighted by atomic mass is 35.5. The first-order valence-electron chi connectivity index (χ1n) is 12.2. The van der Waals surface area contributed by atoms with Crippen molar-refractivity contribution in [1.29, 1.82) is 0 Å². The highest BCUT2D eigenvalue weighted by molar-refractivity contribution is 7.92. The number of hydrogen-bond donors (Lipinski definition) is 1. The standard InChI is InChI=1S/C26H32ClF2N3O4S/c1-18(26(34)30-21-9-3-4-10-21)31(17-19-7-5-8-20(27)15-19)25(33)11-6-14-32(37(2,35)36)22-12-13-23(28)24(29)16-22/h5,7-8,12-13,15-16,18,21H,3-4,6,9-11,14,17H2,1-2H3,(H,30,34)/t18-/m1/s1. The second-order valence-electron chi connectivity index (χ2n) is 9.35. The molecule has 37 heavy (non-hydrogen) atoms. The van der Waals surface area contributed by atoms with Gasteiger partial charge in [-0.05, 0) is 56.0 Å². The van der Waals surface area contributed by atoms with E-state index >= 15 is 0 Å². The van der Waals surface area contributed by atoms with E-state index in [9.17, 15) is 26.8 Å². The van der Waals surface area contributed by atoms with Crippen molar-refractivity contribution in [1.82, 2.24) is 10.2 Å². The summed E-state index contributed by atoms with van der Waals surface area (Å²) in [5.41, 5.74) is 0.717.